The molecule has 0 aliphatic carbocycles. The van der Waals surface area contributed by atoms with Crippen LogP contribution in [0.1, 0.15) is 36.6 Å². The van der Waals surface area contributed by atoms with E-state index in [9.17, 15) is 0 Å². The van der Waals surface area contributed by atoms with Crippen molar-refractivity contribution in [2.75, 3.05) is 18.9 Å². The van der Waals surface area contributed by atoms with E-state index in [0.29, 0.717) is 12.1 Å². The SMILES string of the molecule is C=C(C)c1ccc(NC(C)C2c3ccccc3CCN2C)cc1. The van der Waals surface area contributed by atoms with Crippen molar-refractivity contribution in [3.63, 3.8) is 0 Å². The molecule has 2 nitrogen and oxygen atoms in total. The molecule has 3 rings (SSSR count). The topological polar surface area (TPSA) is 15.3 Å². The van der Waals surface area contributed by atoms with Gasteiger partial charge in [0, 0.05) is 18.3 Å². The van der Waals surface area contributed by atoms with E-state index < -0.39 is 0 Å². The lowest BCUT2D eigenvalue weighted by molar-refractivity contribution is 0.213. The Morgan fingerprint density at radius 2 is 1.87 bits per heavy atom. The van der Waals surface area contributed by atoms with Gasteiger partial charge in [0.15, 0.2) is 0 Å². The van der Waals surface area contributed by atoms with Crippen molar-refractivity contribution < 1.29 is 0 Å². The smallest absolute Gasteiger partial charge is 0.0547 e. The van der Waals surface area contributed by atoms with E-state index in [1.54, 1.807) is 0 Å². The van der Waals surface area contributed by atoms with E-state index in [1.165, 1.54) is 22.4 Å². The first-order chi connectivity index (χ1) is 11.1. The lowest BCUT2D eigenvalue weighted by Crippen LogP contribution is -2.41. The molecule has 120 valence electrons. The highest BCUT2D eigenvalue weighted by molar-refractivity contribution is 5.63. The number of benzene rings is 2. The molecule has 0 saturated heterocycles. The fraction of sp³-hybridized carbons (Fsp3) is 0.333. The molecule has 0 amide bonds. The molecule has 0 aromatic heterocycles. The fourth-order valence-electron chi connectivity index (χ4n) is 3.57. The van der Waals surface area contributed by atoms with E-state index >= 15 is 0 Å². The molecule has 23 heavy (non-hydrogen) atoms. The number of hydrogen-bond donors (Lipinski definition) is 1. The van der Waals surface area contributed by atoms with Gasteiger partial charge in [0.2, 0.25) is 0 Å². The van der Waals surface area contributed by atoms with Gasteiger partial charge < -0.3 is 5.32 Å². The second kappa shape index (κ2) is 6.59. The summed E-state index contributed by atoms with van der Waals surface area (Å²) in [5.41, 5.74) is 6.41. The van der Waals surface area contributed by atoms with Crippen LogP contribution in [0.2, 0.25) is 0 Å². The van der Waals surface area contributed by atoms with Crippen molar-refractivity contribution in [2.24, 2.45) is 0 Å². The molecule has 2 aromatic carbocycles. The highest BCUT2D eigenvalue weighted by Crippen LogP contribution is 2.32. The van der Waals surface area contributed by atoms with Crippen molar-refractivity contribution in [3.8, 4) is 0 Å². The summed E-state index contributed by atoms with van der Waals surface area (Å²) in [5.74, 6) is 0. The summed E-state index contributed by atoms with van der Waals surface area (Å²) in [6.07, 6.45) is 1.14. The van der Waals surface area contributed by atoms with Crippen molar-refractivity contribution in [3.05, 3.63) is 71.8 Å². The standard InChI is InChI=1S/C21H26N2/c1-15(2)17-9-11-19(12-10-17)22-16(3)21-20-8-6-5-7-18(20)13-14-23(21)4/h5-12,16,21-22H,1,13-14H2,2-4H3. The molecular formula is C21H26N2. The molecule has 2 heteroatoms. The summed E-state index contributed by atoms with van der Waals surface area (Å²) in [6.45, 7) is 9.43. The lowest BCUT2D eigenvalue weighted by Gasteiger charge is -2.39. The Morgan fingerprint density at radius 1 is 1.17 bits per heavy atom. The van der Waals surface area contributed by atoms with Crippen LogP contribution in [-0.4, -0.2) is 24.5 Å². The quantitative estimate of drug-likeness (QED) is 0.877. The van der Waals surface area contributed by atoms with E-state index in [4.69, 9.17) is 0 Å². The predicted molar refractivity (Wildman–Crippen MR) is 99.8 cm³/mol. The van der Waals surface area contributed by atoms with E-state index in [1.807, 2.05) is 6.92 Å². The summed E-state index contributed by atoms with van der Waals surface area (Å²) in [4.78, 5) is 2.46. The van der Waals surface area contributed by atoms with Crippen LogP contribution in [0.3, 0.4) is 0 Å². The zero-order valence-electron chi connectivity index (χ0n) is 14.3. The van der Waals surface area contributed by atoms with Gasteiger partial charge in [-0.3, -0.25) is 4.90 Å². The molecule has 1 N–H and O–H groups in total. The third-order valence-corrected chi connectivity index (χ3v) is 4.83. The van der Waals surface area contributed by atoms with Gasteiger partial charge in [-0.05, 0) is 56.1 Å². The molecule has 2 aromatic rings. The first-order valence-corrected chi connectivity index (χ1v) is 8.37. The normalized spacial score (nSPS) is 19.0. The minimum absolute atomic E-state index is 0.345. The minimum atomic E-state index is 0.345. The van der Waals surface area contributed by atoms with Gasteiger partial charge in [-0.15, -0.1) is 0 Å². The average Bonchev–Trinajstić information content (AvgIpc) is 2.55. The summed E-state index contributed by atoms with van der Waals surface area (Å²) < 4.78 is 0. The van der Waals surface area contributed by atoms with Crippen molar-refractivity contribution in [1.29, 1.82) is 0 Å². The first-order valence-electron chi connectivity index (χ1n) is 8.37. The van der Waals surface area contributed by atoms with Crippen LogP contribution < -0.4 is 5.32 Å². The number of anilines is 1. The van der Waals surface area contributed by atoms with Crippen LogP contribution in [-0.2, 0) is 6.42 Å². The van der Waals surface area contributed by atoms with Gasteiger partial charge in [0.25, 0.3) is 0 Å². The average molecular weight is 306 g/mol. The molecule has 1 aliphatic heterocycles. The van der Waals surface area contributed by atoms with Gasteiger partial charge >= 0.3 is 0 Å². The summed E-state index contributed by atoms with van der Waals surface area (Å²) in [6, 6.07) is 18.2. The van der Waals surface area contributed by atoms with Crippen LogP contribution >= 0.6 is 0 Å². The van der Waals surface area contributed by atoms with Crippen LogP contribution in [0.25, 0.3) is 5.57 Å². The maximum absolute atomic E-state index is 4.00. The molecule has 0 radical (unpaired) electrons. The van der Waals surface area contributed by atoms with Gasteiger partial charge in [0.05, 0.1) is 6.04 Å². The molecule has 2 unspecified atom stereocenters. The maximum Gasteiger partial charge on any atom is 0.0547 e. The highest BCUT2D eigenvalue weighted by atomic mass is 15.2. The molecule has 0 spiro atoms. The Balaban J connectivity index is 1.80. The van der Waals surface area contributed by atoms with Crippen molar-refractivity contribution in [1.82, 2.24) is 4.90 Å². The zero-order chi connectivity index (χ0) is 16.4. The fourth-order valence-corrected chi connectivity index (χ4v) is 3.57. The van der Waals surface area contributed by atoms with E-state index in [-0.39, 0.29) is 0 Å². The summed E-state index contributed by atoms with van der Waals surface area (Å²) >= 11 is 0. The van der Waals surface area contributed by atoms with Gasteiger partial charge in [-0.1, -0.05) is 48.6 Å². The monoisotopic (exact) mass is 306 g/mol. The molecule has 0 fully saturated rings. The Bertz CT molecular complexity index is 687. The largest absolute Gasteiger partial charge is 0.381 e. The summed E-state index contributed by atoms with van der Waals surface area (Å²) in [7, 11) is 2.23. The number of hydrogen-bond acceptors (Lipinski definition) is 2. The maximum atomic E-state index is 4.00. The zero-order valence-corrected chi connectivity index (χ0v) is 14.3. The van der Waals surface area contributed by atoms with Crippen LogP contribution in [0.4, 0.5) is 5.69 Å². The molecule has 1 aliphatic rings. The second-order valence-electron chi connectivity index (χ2n) is 6.66. The number of rotatable bonds is 4. The third kappa shape index (κ3) is 3.32. The number of allylic oxidation sites excluding steroid dienone is 1. The molecule has 2 atom stereocenters. The van der Waals surface area contributed by atoms with Crippen LogP contribution in [0.15, 0.2) is 55.1 Å². The Hall–Kier alpha value is -2.06. The van der Waals surface area contributed by atoms with Gasteiger partial charge in [0.1, 0.15) is 0 Å². The van der Waals surface area contributed by atoms with Crippen molar-refractivity contribution in [2.45, 2.75) is 32.4 Å². The van der Waals surface area contributed by atoms with Gasteiger partial charge in [-0.2, -0.15) is 0 Å². The molecule has 0 saturated carbocycles. The highest BCUT2D eigenvalue weighted by Gasteiger charge is 2.28. The third-order valence-electron chi connectivity index (χ3n) is 4.83. The number of nitrogens with one attached hydrogen (secondary N) is 1. The lowest BCUT2D eigenvalue weighted by atomic mass is 9.89. The number of likely N-dealkylation sites (N-methyl/N-ethyl adjacent to an activating group) is 1. The molecule has 0 bridgehead atoms. The Kier molecular flexibility index (Phi) is 4.53. The van der Waals surface area contributed by atoms with E-state index in [2.05, 4.69) is 79.3 Å². The van der Waals surface area contributed by atoms with E-state index in [0.717, 1.165) is 18.5 Å². The predicted octanol–water partition coefficient (Wildman–Crippen LogP) is 4.75. The molecular weight excluding hydrogens is 280 g/mol. The minimum Gasteiger partial charge on any atom is -0.381 e. The summed E-state index contributed by atoms with van der Waals surface area (Å²) in [5, 5.41) is 3.68. The molecule has 1 heterocycles. The Labute approximate surface area is 139 Å². The first kappa shape index (κ1) is 15.8. The second-order valence-corrected chi connectivity index (χ2v) is 6.66. The van der Waals surface area contributed by atoms with Gasteiger partial charge in [-0.25, -0.2) is 0 Å². The van der Waals surface area contributed by atoms with Crippen molar-refractivity contribution >= 4 is 11.3 Å². The van der Waals surface area contributed by atoms with Crippen LogP contribution in [0.5, 0.6) is 0 Å². The van der Waals surface area contributed by atoms with Crippen LogP contribution in [0, 0.1) is 0 Å². The number of fused-ring (bicyclic) bond motifs is 1. The number of nitrogens with zero attached hydrogens (tertiary/aromatic N) is 1. The Morgan fingerprint density at radius 3 is 2.57 bits per heavy atom.